The number of carbonyl (C=O) groups excluding carboxylic acids is 1. The number of halogens is 1. The highest BCUT2D eigenvalue weighted by Crippen LogP contribution is 2.42. The summed E-state index contributed by atoms with van der Waals surface area (Å²) in [5, 5.41) is 9.26. The van der Waals surface area contributed by atoms with E-state index in [9.17, 15) is 9.18 Å². The second-order valence-corrected chi connectivity index (χ2v) is 9.54. The van der Waals surface area contributed by atoms with Crippen molar-refractivity contribution in [3.05, 3.63) is 71.8 Å². The van der Waals surface area contributed by atoms with Gasteiger partial charge in [0.05, 0.1) is 5.75 Å². The molecule has 1 aliphatic heterocycles. The molecular weight excluding hydrogens is 419 g/mol. The van der Waals surface area contributed by atoms with Crippen molar-refractivity contribution in [3.8, 4) is 5.69 Å². The molecule has 5 nitrogen and oxygen atoms in total. The van der Waals surface area contributed by atoms with Crippen LogP contribution in [0.25, 0.3) is 5.69 Å². The van der Waals surface area contributed by atoms with Crippen molar-refractivity contribution >= 4 is 29.4 Å². The molecule has 1 aliphatic carbocycles. The predicted molar refractivity (Wildman–Crippen MR) is 117 cm³/mol. The summed E-state index contributed by atoms with van der Waals surface area (Å²) in [5.41, 5.74) is 1.59. The first kappa shape index (κ1) is 19.6. The summed E-state index contributed by atoms with van der Waals surface area (Å²) in [7, 11) is 0. The van der Waals surface area contributed by atoms with E-state index in [1.165, 1.54) is 17.8 Å². The van der Waals surface area contributed by atoms with Crippen molar-refractivity contribution in [3.63, 3.8) is 0 Å². The number of thioether (sulfide) groups is 2. The lowest BCUT2D eigenvalue weighted by Gasteiger charge is -2.24. The van der Waals surface area contributed by atoms with E-state index in [1.807, 2.05) is 36.4 Å². The standard InChI is InChI=1S/C22H21FN4OS2/c23-18-9-5-4-8-17(18)21-26(12-13-29-21)19(28)14-30-22-25-24-20(15-10-11-15)27(22)16-6-2-1-3-7-16/h1-9,15,21H,10-14H2. The molecule has 1 saturated carbocycles. The summed E-state index contributed by atoms with van der Waals surface area (Å²) in [6.07, 6.45) is 2.26. The van der Waals surface area contributed by atoms with E-state index in [1.54, 1.807) is 28.8 Å². The van der Waals surface area contributed by atoms with Crippen LogP contribution >= 0.6 is 23.5 Å². The summed E-state index contributed by atoms with van der Waals surface area (Å²) >= 11 is 3.01. The number of nitrogens with zero attached hydrogens (tertiary/aromatic N) is 4. The monoisotopic (exact) mass is 440 g/mol. The van der Waals surface area contributed by atoms with Crippen molar-refractivity contribution in [1.82, 2.24) is 19.7 Å². The van der Waals surface area contributed by atoms with Crippen LogP contribution in [-0.2, 0) is 4.79 Å². The first-order chi connectivity index (χ1) is 14.7. The Balaban J connectivity index is 1.34. The lowest BCUT2D eigenvalue weighted by Crippen LogP contribution is -2.32. The fraction of sp³-hybridized carbons (Fsp3) is 0.318. The van der Waals surface area contributed by atoms with Gasteiger partial charge < -0.3 is 4.90 Å². The Kier molecular flexibility index (Phi) is 5.52. The molecule has 1 amide bonds. The second kappa shape index (κ2) is 8.43. The number of hydrogen-bond donors (Lipinski definition) is 0. The normalized spacial score (nSPS) is 18.7. The zero-order valence-corrected chi connectivity index (χ0v) is 17.9. The lowest BCUT2D eigenvalue weighted by molar-refractivity contribution is -0.128. The van der Waals surface area contributed by atoms with Gasteiger partial charge in [-0.1, -0.05) is 48.2 Å². The van der Waals surface area contributed by atoms with Gasteiger partial charge in [0.25, 0.3) is 0 Å². The molecule has 5 rings (SSSR count). The van der Waals surface area contributed by atoms with E-state index >= 15 is 0 Å². The number of para-hydroxylation sites is 1. The van der Waals surface area contributed by atoms with E-state index in [0.29, 0.717) is 18.0 Å². The molecule has 1 saturated heterocycles. The average molecular weight is 441 g/mol. The first-order valence-electron chi connectivity index (χ1n) is 10.0. The van der Waals surface area contributed by atoms with E-state index in [4.69, 9.17) is 0 Å². The van der Waals surface area contributed by atoms with E-state index in [0.717, 1.165) is 35.3 Å². The van der Waals surface area contributed by atoms with Gasteiger partial charge in [-0.15, -0.1) is 22.0 Å². The number of benzene rings is 2. The van der Waals surface area contributed by atoms with E-state index in [-0.39, 0.29) is 22.9 Å². The minimum atomic E-state index is -0.270. The number of hydrogen-bond acceptors (Lipinski definition) is 5. The van der Waals surface area contributed by atoms with Crippen LogP contribution in [0.4, 0.5) is 4.39 Å². The number of aromatic nitrogens is 3. The molecule has 1 aromatic heterocycles. The molecule has 0 spiro atoms. The van der Waals surface area contributed by atoms with Gasteiger partial charge in [-0.3, -0.25) is 9.36 Å². The molecule has 0 N–H and O–H groups in total. The van der Waals surface area contributed by atoms with Gasteiger partial charge in [0, 0.05) is 29.5 Å². The Bertz CT molecular complexity index is 1050. The molecule has 30 heavy (non-hydrogen) atoms. The molecule has 8 heteroatoms. The number of rotatable bonds is 6. The molecular formula is C22H21FN4OS2. The van der Waals surface area contributed by atoms with Crippen molar-refractivity contribution in [2.45, 2.75) is 29.3 Å². The molecule has 1 unspecified atom stereocenters. The molecule has 3 aromatic rings. The highest BCUT2D eigenvalue weighted by molar-refractivity contribution is 8.00. The maximum absolute atomic E-state index is 14.3. The van der Waals surface area contributed by atoms with Crippen LogP contribution in [0, 0.1) is 5.82 Å². The minimum Gasteiger partial charge on any atom is -0.325 e. The SMILES string of the molecule is O=C(CSc1nnc(C2CC2)n1-c1ccccc1)N1CCSC1c1ccccc1F. The molecule has 0 radical (unpaired) electrons. The van der Waals surface area contributed by atoms with Gasteiger partial charge in [0.15, 0.2) is 5.16 Å². The Hall–Kier alpha value is -2.32. The zero-order chi connectivity index (χ0) is 20.5. The molecule has 2 aromatic carbocycles. The Morgan fingerprint density at radius 1 is 1.10 bits per heavy atom. The van der Waals surface area contributed by atoms with E-state index in [2.05, 4.69) is 14.8 Å². The fourth-order valence-corrected chi connectivity index (χ4v) is 5.81. The highest BCUT2D eigenvalue weighted by atomic mass is 32.2. The van der Waals surface area contributed by atoms with Gasteiger partial charge in [0.2, 0.25) is 5.91 Å². The van der Waals surface area contributed by atoms with Crippen LogP contribution in [0.15, 0.2) is 59.8 Å². The number of amides is 1. The van der Waals surface area contributed by atoms with Gasteiger partial charge in [0.1, 0.15) is 17.0 Å². The van der Waals surface area contributed by atoms with Crippen molar-refractivity contribution in [1.29, 1.82) is 0 Å². The van der Waals surface area contributed by atoms with Gasteiger partial charge in [-0.2, -0.15) is 0 Å². The topological polar surface area (TPSA) is 51.0 Å². The summed E-state index contributed by atoms with van der Waals surface area (Å²) in [4.78, 5) is 14.8. The van der Waals surface area contributed by atoms with Crippen LogP contribution in [-0.4, -0.2) is 43.6 Å². The third-order valence-electron chi connectivity index (χ3n) is 5.32. The van der Waals surface area contributed by atoms with Crippen molar-refractivity contribution < 1.29 is 9.18 Å². The van der Waals surface area contributed by atoms with Crippen LogP contribution in [0.3, 0.4) is 0 Å². The Morgan fingerprint density at radius 3 is 2.63 bits per heavy atom. The van der Waals surface area contributed by atoms with Gasteiger partial charge >= 0.3 is 0 Å². The van der Waals surface area contributed by atoms with Crippen LogP contribution in [0.5, 0.6) is 0 Å². The quantitative estimate of drug-likeness (QED) is 0.522. The fourth-order valence-electron chi connectivity index (χ4n) is 3.67. The third kappa shape index (κ3) is 3.86. The van der Waals surface area contributed by atoms with Crippen molar-refractivity contribution in [2.24, 2.45) is 0 Å². The number of carbonyl (C=O) groups is 1. The highest BCUT2D eigenvalue weighted by Gasteiger charge is 2.34. The average Bonchev–Trinajstić information content (AvgIpc) is 3.34. The second-order valence-electron chi connectivity index (χ2n) is 7.41. The minimum absolute atomic E-state index is 0.00571. The van der Waals surface area contributed by atoms with Crippen molar-refractivity contribution in [2.75, 3.05) is 18.1 Å². The smallest absolute Gasteiger partial charge is 0.234 e. The largest absolute Gasteiger partial charge is 0.325 e. The van der Waals surface area contributed by atoms with Crippen LogP contribution in [0.1, 0.15) is 35.5 Å². The Labute approximate surface area is 183 Å². The predicted octanol–water partition coefficient (Wildman–Crippen LogP) is 4.65. The first-order valence-corrected chi connectivity index (χ1v) is 12.0. The third-order valence-corrected chi connectivity index (χ3v) is 7.48. The molecule has 2 fully saturated rings. The summed E-state index contributed by atoms with van der Waals surface area (Å²) in [5.74, 6) is 2.21. The molecule has 0 bridgehead atoms. The molecule has 2 aliphatic rings. The Morgan fingerprint density at radius 2 is 1.87 bits per heavy atom. The molecule has 1 atom stereocenters. The summed E-state index contributed by atoms with van der Waals surface area (Å²) in [6.45, 7) is 0.627. The maximum atomic E-state index is 14.3. The maximum Gasteiger partial charge on any atom is 0.234 e. The zero-order valence-electron chi connectivity index (χ0n) is 16.3. The van der Waals surface area contributed by atoms with Crippen LogP contribution < -0.4 is 0 Å². The van der Waals surface area contributed by atoms with Gasteiger partial charge in [-0.25, -0.2) is 4.39 Å². The van der Waals surface area contributed by atoms with Crippen LogP contribution in [0.2, 0.25) is 0 Å². The van der Waals surface area contributed by atoms with Gasteiger partial charge in [-0.05, 0) is 31.0 Å². The molecule has 2 heterocycles. The molecule has 154 valence electrons. The van der Waals surface area contributed by atoms with E-state index < -0.39 is 0 Å². The summed E-state index contributed by atoms with van der Waals surface area (Å²) < 4.78 is 16.3. The summed E-state index contributed by atoms with van der Waals surface area (Å²) in [6, 6.07) is 16.7. The lowest BCUT2D eigenvalue weighted by atomic mass is 10.2.